The van der Waals surface area contributed by atoms with Crippen molar-refractivity contribution in [2.75, 3.05) is 6.61 Å². The molecule has 2 aliphatic carbocycles. The van der Waals surface area contributed by atoms with Gasteiger partial charge in [0, 0.05) is 33.1 Å². The Bertz CT molecular complexity index is 983. The first kappa shape index (κ1) is 27.9. The van der Waals surface area contributed by atoms with Gasteiger partial charge in [-0.15, -0.1) is 0 Å². The molecule has 3 aliphatic rings. The third-order valence-electron chi connectivity index (χ3n) is 7.93. The van der Waals surface area contributed by atoms with E-state index in [9.17, 15) is 29.4 Å². The summed E-state index contributed by atoms with van der Waals surface area (Å²) in [5.41, 5.74) is -2.04. The van der Waals surface area contributed by atoms with Crippen molar-refractivity contribution in [2.45, 2.75) is 90.8 Å². The first-order chi connectivity index (χ1) is 16.8. The summed E-state index contributed by atoms with van der Waals surface area (Å²) in [6.45, 7) is 8.41. The summed E-state index contributed by atoms with van der Waals surface area (Å²) in [4.78, 5) is 49.5. The Morgan fingerprint density at radius 1 is 1.08 bits per heavy atom. The minimum absolute atomic E-state index is 0.242. The predicted molar refractivity (Wildman–Crippen MR) is 125 cm³/mol. The van der Waals surface area contributed by atoms with Crippen LogP contribution in [-0.2, 0) is 38.1 Å². The number of aliphatic hydroxyl groups is 2. The normalized spacial score (nSPS) is 39.8. The summed E-state index contributed by atoms with van der Waals surface area (Å²) in [6, 6.07) is 0. The summed E-state index contributed by atoms with van der Waals surface area (Å²) >= 11 is 0. The van der Waals surface area contributed by atoms with Gasteiger partial charge in [-0.3, -0.25) is 19.2 Å². The third kappa shape index (κ3) is 4.80. The zero-order valence-electron chi connectivity index (χ0n) is 21.6. The maximum atomic E-state index is 12.7. The molecule has 1 saturated heterocycles. The van der Waals surface area contributed by atoms with Crippen LogP contribution in [0.1, 0.15) is 60.8 Å². The van der Waals surface area contributed by atoms with E-state index in [1.165, 1.54) is 33.8 Å². The molecule has 1 unspecified atom stereocenters. The van der Waals surface area contributed by atoms with Crippen molar-refractivity contribution in [1.29, 1.82) is 0 Å². The number of aliphatic hydroxyl groups excluding tert-OH is 1. The smallest absolute Gasteiger partial charge is 0.312 e. The molecule has 0 amide bonds. The number of hydrogen-bond donors (Lipinski definition) is 2. The van der Waals surface area contributed by atoms with E-state index in [1.54, 1.807) is 13.8 Å². The standard InChI is InChI=1S/C26H36O10/c1-13-7-9-19(33-15(3)28)25(6)20(34-16(4)29)10-8-18(12-27)11-21-26(32,14(2)24(31)36-21)23(22(13)25)35-17(5)30/h7,11,14,19-23,27,32H,8-10,12H2,1-6H3/b18-11+/t14-,19-,20+,21-,22?,23+,25+,26-/m0/s1. The van der Waals surface area contributed by atoms with Crippen LogP contribution in [0.15, 0.2) is 23.3 Å². The quantitative estimate of drug-likeness (QED) is 0.327. The lowest BCUT2D eigenvalue weighted by atomic mass is 9.56. The van der Waals surface area contributed by atoms with Gasteiger partial charge in [-0.05, 0) is 38.3 Å². The molecule has 8 atom stereocenters. The Hall–Kier alpha value is -2.72. The Kier molecular flexibility index (Phi) is 8.00. The van der Waals surface area contributed by atoms with Gasteiger partial charge in [-0.2, -0.15) is 0 Å². The molecule has 200 valence electrons. The van der Waals surface area contributed by atoms with Gasteiger partial charge in [-0.1, -0.05) is 18.6 Å². The van der Waals surface area contributed by atoms with Gasteiger partial charge in [0.2, 0.25) is 0 Å². The van der Waals surface area contributed by atoms with Gasteiger partial charge in [-0.25, -0.2) is 0 Å². The highest BCUT2D eigenvalue weighted by Gasteiger charge is 2.67. The molecule has 10 nitrogen and oxygen atoms in total. The lowest BCUT2D eigenvalue weighted by Gasteiger charge is -2.54. The fourth-order valence-electron chi connectivity index (χ4n) is 6.10. The van der Waals surface area contributed by atoms with Gasteiger partial charge < -0.3 is 29.2 Å². The molecular formula is C26H36O10. The van der Waals surface area contributed by atoms with Gasteiger partial charge in [0.1, 0.15) is 18.3 Å². The Balaban J connectivity index is 2.36. The van der Waals surface area contributed by atoms with E-state index in [0.29, 0.717) is 12.0 Å². The molecule has 1 heterocycles. The number of esters is 4. The third-order valence-corrected chi connectivity index (χ3v) is 7.93. The van der Waals surface area contributed by atoms with Crippen molar-refractivity contribution in [2.24, 2.45) is 17.3 Å². The molecule has 1 aliphatic heterocycles. The Morgan fingerprint density at radius 3 is 2.22 bits per heavy atom. The van der Waals surface area contributed by atoms with Crippen LogP contribution in [0, 0.1) is 17.3 Å². The average Bonchev–Trinajstić information content (AvgIpc) is 2.99. The van der Waals surface area contributed by atoms with Crippen molar-refractivity contribution in [3.63, 3.8) is 0 Å². The summed E-state index contributed by atoms with van der Waals surface area (Å²) in [6.07, 6.45) is -0.0830. The van der Waals surface area contributed by atoms with Gasteiger partial charge in [0.25, 0.3) is 0 Å². The maximum absolute atomic E-state index is 12.7. The molecule has 1 fully saturated rings. The van der Waals surface area contributed by atoms with Gasteiger partial charge in [0.15, 0.2) is 11.7 Å². The predicted octanol–water partition coefficient (Wildman–Crippen LogP) is 1.76. The average molecular weight is 509 g/mol. The summed E-state index contributed by atoms with van der Waals surface area (Å²) in [5, 5.41) is 22.2. The fraction of sp³-hybridized carbons (Fsp3) is 0.692. The van der Waals surface area contributed by atoms with Crippen molar-refractivity contribution >= 4 is 23.9 Å². The molecule has 36 heavy (non-hydrogen) atoms. The molecule has 10 heteroatoms. The monoisotopic (exact) mass is 508 g/mol. The van der Waals surface area contributed by atoms with E-state index < -0.39 is 77.8 Å². The summed E-state index contributed by atoms with van der Waals surface area (Å²) < 4.78 is 22.9. The number of ether oxygens (including phenoxy) is 4. The first-order valence-electron chi connectivity index (χ1n) is 12.2. The van der Waals surface area contributed by atoms with E-state index >= 15 is 0 Å². The topological polar surface area (TPSA) is 146 Å². The van der Waals surface area contributed by atoms with Crippen LogP contribution in [0.3, 0.4) is 0 Å². The van der Waals surface area contributed by atoms with Crippen LogP contribution in [0.4, 0.5) is 0 Å². The number of rotatable bonds is 4. The van der Waals surface area contributed by atoms with Crippen molar-refractivity contribution in [3.05, 3.63) is 23.3 Å². The van der Waals surface area contributed by atoms with Crippen molar-refractivity contribution < 1.29 is 48.3 Å². The molecule has 0 saturated carbocycles. The maximum Gasteiger partial charge on any atom is 0.312 e. The summed E-state index contributed by atoms with van der Waals surface area (Å²) in [7, 11) is 0. The van der Waals surface area contributed by atoms with Gasteiger partial charge in [0.05, 0.1) is 17.9 Å². The second-order valence-corrected chi connectivity index (χ2v) is 10.2. The highest BCUT2D eigenvalue weighted by atomic mass is 16.6. The first-order valence-corrected chi connectivity index (χ1v) is 12.2. The number of hydrogen-bond acceptors (Lipinski definition) is 10. The largest absolute Gasteiger partial charge is 0.462 e. The second kappa shape index (κ2) is 10.3. The minimum Gasteiger partial charge on any atom is -0.462 e. The van der Waals surface area contributed by atoms with E-state index in [0.717, 1.165) is 5.57 Å². The SMILES string of the molecule is CC(=O)O[C@H]1CC=C(C)C2[C@@H](OC(C)=O)[C@@]3(O)[C@H](/C=C(/CO)CC[C@@H](OC(C)=O)[C@]21C)OC(=O)[C@@H]3C. The van der Waals surface area contributed by atoms with Crippen molar-refractivity contribution in [1.82, 2.24) is 0 Å². The fourth-order valence-corrected chi connectivity index (χ4v) is 6.10. The highest BCUT2D eigenvalue weighted by Crippen LogP contribution is 2.55. The van der Waals surface area contributed by atoms with Crippen LogP contribution >= 0.6 is 0 Å². The van der Waals surface area contributed by atoms with E-state index in [4.69, 9.17) is 18.9 Å². The molecule has 0 radical (unpaired) electrons. The molecular weight excluding hydrogens is 472 g/mol. The minimum atomic E-state index is -2.03. The zero-order chi connectivity index (χ0) is 27.0. The zero-order valence-corrected chi connectivity index (χ0v) is 21.6. The second-order valence-electron chi connectivity index (χ2n) is 10.2. The van der Waals surface area contributed by atoms with Crippen LogP contribution in [0.2, 0.25) is 0 Å². The van der Waals surface area contributed by atoms with E-state index in [2.05, 4.69) is 0 Å². The van der Waals surface area contributed by atoms with Crippen molar-refractivity contribution in [3.8, 4) is 0 Å². The van der Waals surface area contributed by atoms with E-state index in [-0.39, 0.29) is 12.8 Å². The Labute approximate surface area is 210 Å². The Morgan fingerprint density at radius 2 is 1.67 bits per heavy atom. The number of carbonyl (C=O) groups is 4. The molecule has 0 bridgehead atoms. The lowest BCUT2D eigenvalue weighted by molar-refractivity contribution is -0.216. The number of carbonyl (C=O) groups excluding carboxylic acids is 4. The molecule has 3 rings (SSSR count). The molecule has 0 spiro atoms. The van der Waals surface area contributed by atoms with Crippen LogP contribution in [0.25, 0.3) is 0 Å². The van der Waals surface area contributed by atoms with Gasteiger partial charge >= 0.3 is 23.9 Å². The van der Waals surface area contributed by atoms with Crippen LogP contribution in [-0.4, -0.2) is 70.7 Å². The summed E-state index contributed by atoms with van der Waals surface area (Å²) in [5.74, 6) is -4.40. The molecule has 0 aromatic carbocycles. The number of fused-ring (bicyclic) bond motifs is 2. The highest BCUT2D eigenvalue weighted by molar-refractivity contribution is 5.78. The molecule has 0 aromatic rings. The lowest BCUT2D eigenvalue weighted by Crippen LogP contribution is -2.65. The van der Waals surface area contributed by atoms with Crippen LogP contribution < -0.4 is 0 Å². The molecule has 2 N–H and O–H groups in total. The van der Waals surface area contributed by atoms with E-state index in [1.807, 2.05) is 6.08 Å². The van der Waals surface area contributed by atoms with Crippen LogP contribution in [0.5, 0.6) is 0 Å². The molecule has 0 aromatic heterocycles.